The van der Waals surface area contributed by atoms with Gasteiger partial charge in [-0.3, -0.25) is 4.79 Å². The molecule has 1 aromatic rings. The largest absolute Gasteiger partial charge is 0.468 e. The summed E-state index contributed by atoms with van der Waals surface area (Å²) in [6.07, 6.45) is 1.21. The van der Waals surface area contributed by atoms with E-state index in [0.717, 1.165) is 0 Å². The van der Waals surface area contributed by atoms with Crippen molar-refractivity contribution in [3.05, 3.63) is 35.6 Å². The molecular formula is C13H18FNO2. The summed E-state index contributed by atoms with van der Waals surface area (Å²) in [4.78, 5) is 11.3. The van der Waals surface area contributed by atoms with Gasteiger partial charge in [-0.05, 0) is 24.5 Å². The Morgan fingerprint density at radius 1 is 1.47 bits per heavy atom. The smallest absolute Gasteiger partial charge is 0.322 e. The van der Waals surface area contributed by atoms with Crippen molar-refractivity contribution in [3.63, 3.8) is 0 Å². The van der Waals surface area contributed by atoms with Gasteiger partial charge in [0, 0.05) is 6.54 Å². The van der Waals surface area contributed by atoms with Crippen molar-refractivity contribution in [1.29, 1.82) is 0 Å². The Hall–Kier alpha value is -1.42. The molecule has 94 valence electrons. The van der Waals surface area contributed by atoms with Crippen LogP contribution >= 0.6 is 0 Å². The first-order chi connectivity index (χ1) is 8.19. The highest BCUT2D eigenvalue weighted by molar-refractivity contribution is 5.75. The number of ether oxygens (including phenoxy) is 1. The molecule has 0 aliphatic carbocycles. The maximum Gasteiger partial charge on any atom is 0.322 e. The number of halogens is 1. The first-order valence-corrected chi connectivity index (χ1v) is 5.73. The molecule has 1 unspecified atom stereocenters. The van der Waals surface area contributed by atoms with E-state index in [4.69, 9.17) is 0 Å². The Morgan fingerprint density at radius 3 is 2.76 bits per heavy atom. The Balaban J connectivity index is 2.42. The van der Waals surface area contributed by atoms with Crippen LogP contribution in [0.3, 0.4) is 0 Å². The lowest BCUT2D eigenvalue weighted by atomic mass is 10.1. The van der Waals surface area contributed by atoms with Gasteiger partial charge in [-0.15, -0.1) is 0 Å². The van der Waals surface area contributed by atoms with Crippen molar-refractivity contribution in [2.24, 2.45) is 0 Å². The van der Waals surface area contributed by atoms with E-state index in [9.17, 15) is 9.18 Å². The van der Waals surface area contributed by atoms with Crippen molar-refractivity contribution < 1.29 is 13.9 Å². The van der Waals surface area contributed by atoms with Crippen LogP contribution in [0.25, 0.3) is 0 Å². The number of carbonyl (C=O) groups excluding carboxylic acids is 1. The lowest BCUT2D eigenvalue weighted by Crippen LogP contribution is -2.38. The van der Waals surface area contributed by atoms with Crippen LogP contribution in [0.15, 0.2) is 24.3 Å². The number of esters is 1. The topological polar surface area (TPSA) is 38.3 Å². The van der Waals surface area contributed by atoms with Crippen molar-refractivity contribution >= 4 is 5.97 Å². The lowest BCUT2D eigenvalue weighted by molar-refractivity contribution is -0.143. The molecule has 0 radical (unpaired) electrons. The molecule has 4 heteroatoms. The van der Waals surface area contributed by atoms with Crippen molar-refractivity contribution in [2.75, 3.05) is 13.7 Å². The van der Waals surface area contributed by atoms with Crippen molar-refractivity contribution in [1.82, 2.24) is 5.32 Å². The van der Waals surface area contributed by atoms with Gasteiger partial charge < -0.3 is 10.1 Å². The van der Waals surface area contributed by atoms with E-state index in [0.29, 0.717) is 24.9 Å². The summed E-state index contributed by atoms with van der Waals surface area (Å²) < 4.78 is 18.0. The quantitative estimate of drug-likeness (QED) is 0.771. The second-order valence-electron chi connectivity index (χ2n) is 3.78. The molecule has 0 saturated heterocycles. The third kappa shape index (κ3) is 4.15. The number of benzene rings is 1. The van der Waals surface area contributed by atoms with E-state index in [1.165, 1.54) is 13.2 Å². The molecule has 1 rings (SSSR count). The van der Waals surface area contributed by atoms with Crippen LogP contribution in [-0.4, -0.2) is 25.7 Å². The Morgan fingerprint density at radius 2 is 2.18 bits per heavy atom. The fourth-order valence-electron chi connectivity index (χ4n) is 1.62. The summed E-state index contributed by atoms with van der Waals surface area (Å²) in [5.41, 5.74) is 0.653. The minimum Gasteiger partial charge on any atom is -0.468 e. The standard InChI is InChI=1S/C13H18FNO2/c1-3-12(13(16)17-2)15-9-8-10-6-4-5-7-11(10)14/h4-7,12,15H,3,8-9H2,1-2H3. The van der Waals surface area contributed by atoms with Gasteiger partial charge >= 0.3 is 5.97 Å². The van der Waals surface area contributed by atoms with E-state index in [-0.39, 0.29) is 17.8 Å². The number of nitrogens with one attached hydrogen (secondary N) is 1. The molecule has 0 saturated carbocycles. The average Bonchev–Trinajstić information content (AvgIpc) is 2.36. The van der Waals surface area contributed by atoms with E-state index in [2.05, 4.69) is 10.1 Å². The van der Waals surface area contributed by atoms with E-state index in [1.807, 2.05) is 6.92 Å². The summed E-state index contributed by atoms with van der Waals surface area (Å²) in [6.45, 7) is 2.45. The predicted octanol–water partition coefficient (Wildman–Crippen LogP) is 1.91. The number of carbonyl (C=O) groups is 1. The van der Waals surface area contributed by atoms with Crippen LogP contribution in [-0.2, 0) is 16.0 Å². The summed E-state index contributed by atoms with van der Waals surface area (Å²) in [5.74, 6) is -0.485. The number of methoxy groups -OCH3 is 1. The zero-order valence-corrected chi connectivity index (χ0v) is 10.2. The SMILES string of the molecule is CCC(NCCc1ccccc1F)C(=O)OC. The average molecular weight is 239 g/mol. The predicted molar refractivity (Wildman–Crippen MR) is 64.2 cm³/mol. The molecule has 1 aromatic carbocycles. The number of rotatable bonds is 6. The van der Waals surface area contributed by atoms with Gasteiger partial charge in [-0.1, -0.05) is 25.1 Å². The zero-order valence-electron chi connectivity index (χ0n) is 10.2. The van der Waals surface area contributed by atoms with Crippen LogP contribution in [0.5, 0.6) is 0 Å². The van der Waals surface area contributed by atoms with Gasteiger partial charge in [-0.2, -0.15) is 0 Å². The summed E-state index contributed by atoms with van der Waals surface area (Å²) in [6, 6.07) is 6.33. The van der Waals surface area contributed by atoms with Crippen molar-refractivity contribution in [3.8, 4) is 0 Å². The van der Waals surface area contributed by atoms with Gasteiger partial charge in [0.2, 0.25) is 0 Å². The molecule has 0 bridgehead atoms. The van der Waals surface area contributed by atoms with E-state index < -0.39 is 0 Å². The molecule has 0 aliphatic rings. The van der Waals surface area contributed by atoms with E-state index in [1.54, 1.807) is 18.2 Å². The molecule has 1 atom stereocenters. The monoisotopic (exact) mass is 239 g/mol. The normalized spacial score (nSPS) is 12.2. The van der Waals surface area contributed by atoms with Gasteiger partial charge in [0.25, 0.3) is 0 Å². The minimum absolute atomic E-state index is 0.208. The third-order valence-electron chi connectivity index (χ3n) is 2.64. The van der Waals surface area contributed by atoms with Crippen LogP contribution < -0.4 is 5.32 Å². The van der Waals surface area contributed by atoms with Crippen molar-refractivity contribution in [2.45, 2.75) is 25.8 Å². The highest BCUT2D eigenvalue weighted by Gasteiger charge is 2.15. The van der Waals surface area contributed by atoms with Crippen LogP contribution in [0.1, 0.15) is 18.9 Å². The molecule has 0 amide bonds. The molecule has 0 aromatic heterocycles. The second-order valence-corrected chi connectivity index (χ2v) is 3.78. The Kier molecular flexibility index (Phi) is 5.63. The van der Waals surface area contributed by atoms with E-state index >= 15 is 0 Å². The molecule has 0 aliphatic heterocycles. The molecule has 0 heterocycles. The van der Waals surface area contributed by atoms with Gasteiger partial charge in [0.1, 0.15) is 11.9 Å². The van der Waals surface area contributed by atoms with Crippen LogP contribution in [0.4, 0.5) is 4.39 Å². The van der Waals surface area contributed by atoms with Crippen LogP contribution in [0, 0.1) is 5.82 Å². The fourth-order valence-corrected chi connectivity index (χ4v) is 1.62. The minimum atomic E-state index is -0.313. The molecule has 0 spiro atoms. The van der Waals surface area contributed by atoms with Gasteiger partial charge in [0.05, 0.1) is 7.11 Å². The number of hydrogen-bond donors (Lipinski definition) is 1. The lowest BCUT2D eigenvalue weighted by Gasteiger charge is -2.14. The molecule has 0 fully saturated rings. The number of hydrogen-bond acceptors (Lipinski definition) is 3. The maximum atomic E-state index is 13.3. The summed E-state index contributed by atoms with van der Waals surface area (Å²) in [5, 5.41) is 3.05. The highest BCUT2D eigenvalue weighted by Crippen LogP contribution is 2.06. The Labute approximate surface area is 101 Å². The molecule has 1 N–H and O–H groups in total. The second kappa shape index (κ2) is 7.01. The highest BCUT2D eigenvalue weighted by atomic mass is 19.1. The van der Waals surface area contributed by atoms with Crippen LogP contribution in [0.2, 0.25) is 0 Å². The molecule has 3 nitrogen and oxygen atoms in total. The van der Waals surface area contributed by atoms with Gasteiger partial charge in [-0.25, -0.2) is 4.39 Å². The fraction of sp³-hybridized carbons (Fsp3) is 0.462. The molecular weight excluding hydrogens is 221 g/mol. The first kappa shape index (κ1) is 13.6. The first-order valence-electron chi connectivity index (χ1n) is 5.73. The third-order valence-corrected chi connectivity index (χ3v) is 2.64. The Bertz CT molecular complexity index is 368. The maximum absolute atomic E-state index is 13.3. The summed E-state index contributed by atoms with van der Waals surface area (Å²) >= 11 is 0. The zero-order chi connectivity index (χ0) is 12.7. The molecule has 17 heavy (non-hydrogen) atoms. The van der Waals surface area contributed by atoms with Gasteiger partial charge in [0.15, 0.2) is 0 Å². The summed E-state index contributed by atoms with van der Waals surface area (Å²) in [7, 11) is 1.36.